The summed E-state index contributed by atoms with van der Waals surface area (Å²) in [5.41, 5.74) is 0.775. The van der Waals surface area contributed by atoms with Crippen LogP contribution in [0.25, 0.3) is 0 Å². The third-order valence-electron chi connectivity index (χ3n) is 4.12. The van der Waals surface area contributed by atoms with Crippen LogP contribution >= 0.6 is 11.3 Å². The van der Waals surface area contributed by atoms with E-state index in [1.807, 2.05) is 17.5 Å². The number of carbonyl (C=O) groups excluding carboxylic acids is 2. The molecule has 1 aromatic heterocycles. The van der Waals surface area contributed by atoms with Crippen LogP contribution in [-0.4, -0.2) is 18.5 Å². The molecule has 3 rings (SSSR count). The first-order valence-electron chi connectivity index (χ1n) is 7.88. The third-order valence-corrected chi connectivity index (χ3v) is 5.06. The van der Waals surface area contributed by atoms with Gasteiger partial charge in [-0.3, -0.25) is 9.59 Å². The second kappa shape index (κ2) is 7.57. The molecule has 1 atom stereocenters. The van der Waals surface area contributed by atoms with Crippen molar-refractivity contribution in [2.75, 3.05) is 6.61 Å². The Balaban J connectivity index is 1.64. The molecule has 0 bridgehead atoms. The third kappa shape index (κ3) is 4.00. The predicted molar refractivity (Wildman–Crippen MR) is 89.0 cm³/mol. The average molecular weight is 347 g/mol. The van der Waals surface area contributed by atoms with Gasteiger partial charge in [-0.2, -0.15) is 0 Å². The van der Waals surface area contributed by atoms with Crippen LogP contribution in [0, 0.1) is 11.7 Å². The molecular weight excluding hydrogens is 329 g/mol. The molecular formula is C18H18FNO3S. The SMILES string of the molecule is O=C(COC(=O)C1CCC1)N[C@H](c1ccc(F)cc1)c1cccs1. The summed E-state index contributed by atoms with van der Waals surface area (Å²) in [6.07, 6.45) is 2.72. The fraction of sp³-hybridized carbons (Fsp3) is 0.333. The zero-order valence-corrected chi connectivity index (χ0v) is 13.9. The molecule has 0 spiro atoms. The highest BCUT2D eigenvalue weighted by Crippen LogP contribution is 2.28. The van der Waals surface area contributed by atoms with Gasteiger partial charge >= 0.3 is 5.97 Å². The van der Waals surface area contributed by atoms with Crippen LogP contribution in [0.5, 0.6) is 0 Å². The second-order valence-electron chi connectivity index (χ2n) is 5.80. The monoisotopic (exact) mass is 347 g/mol. The summed E-state index contributed by atoms with van der Waals surface area (Å²) in [5, 5.41) is 4.77. The molecule has 6 heteroatoms. The molecule has 1 aromatic carbocycles. The molecule has 2 aromatic rings. The van der Waals surface area contributed by atoms with Gasteiger partial charge in [0.05, 0.1) is 12.0 Å². The van der Waals surface area contributed by atoms with Gasteiger partial charge < -0.3 is 10.1 Å². The highest BCUT2D eigenvalue weighted by Gasteiger charge is 2.27. The normalized spacial score (nSPS) is 15.4. The molecule has 0 aliphatic heterocycles. The molecule has 1 fully saturated rings. The number of halogens is 1. The van der Waals surface area contributed by atoms with Gasteiger partial charge in [0.2, 0.25) is 0 Å². The smallest absolute Gasteiger partial charge is 0.309 e. The van der Waals surface area contributed by atoms with Gasteiger partial charge in [0.25, 0.3) is 5.91 Å². The Morgan fingerprint density at radius 2 is 2.00 bits per heavy atom. The van der Waals surface area contributed by atoms with Crippen molar-refractivity contribution in [3.8, 4) is 0 Å². The van der Waals surface area contributed by atoms with E-state index in [2.05, 4.69) is 5.32 Å². The molecule has 1 amide bonds. The van der Waals surface area contributed by atoms with Gasteiger partial charge in [0.15, 0.2) is 6.61 Å². The zero-order chi connectivity index (χ0) is 16.9. The molecule has 0 radical (unpaired) electrons. The maximum absolute atomic E-state index is 13.1. The molecule has 1 aliphatic rings. The molecule has 126 valence electrons. The van der Waals surface area contributed by atoms with E-state index in [-0.39, 0.29) is 36.3 Å². The summed E-state index contributed by atoms with van der Waals surface area (Å²) in [4.78, 5) is 24.8. The minimum Gasteiger partial charge on any atom is -0.455 e. The molecule has 0 saturated heterocycles. The fourth-order valence-electron chi connectivity index (χ4n) is 2.53. The lowest BCUT2D eigenvalue weighted by Gasteiger charge is -2.23. The number of hydrogen-bond donors (Lipinski definition) is 1. The Kier molecular flexibility index (Phi) is 5.25. The standard InChI is InChI=1S/C18H18FNO3S/c19-14-8-6-12(7-9-14)17(15-5-2-10-24-15)20-16(21)11-23-18(22)13-3-1-4-13/h2,5-10,13,17H,1,3-4,11H2,(H,20,21)/t17-/m1/s1. The van der Waals surface area contributed by atoms with Gasteiger partial charge in [0.1, 0.15) is 5.82 Å². The van der Waals surface area contributed by atoms with Crippen molar-refractivity contribution in [1.82, 2.24) is 5.32 Å². The number of rotatable bonds is 6. The van der Waals surface area contributed by atoms with Crippen molar-refractivity contribution < 1.29 is 18.7 Å². The summed E-state index contributed by atoms with van der Waals surface area (Å²) >= 11 is 1.50. The maximum Gasteiger partial charge on any atom is 0.309 e. The average Bonchev–Trinajstić information content (AvgIpc) is 3.04. The quantitative estimate of drug-likeness (QED) is 0.815. The number of esters is 1. The van der Waals surface area contributed by atoms with E-state index in [0.717, 1.165) is 29.7 Å². The Morgan fingerprint density at radius 1 is 1.25 bits per heavy atom. The molecule has 1 aliphatic carbocycles. The van der Waals surface area contributed by atoms with Gasteiger partial charge in [0, 0.05) is 4.88 Å². The van der Waals surface area contributed by atoms with Crippen LogP contribution in [0.15, 0.2) is 41.8 Å². The highest BCUT2D eigenvalue weighted by molar-refractivity contribution is 7.10. The van der Waals surface area contributed by atoms with Crippen LogP contribution in [-0.2, 0) is 14.3 Å². The summed E-state index contributed by atoms with van der Waals surface area (Å²) in [6.45, 7) is -0.293. The van der Waals surface area contributed by atoms with E-state index >= 15 is 0 Å². The lowest BCUT2D eigenvalue weighted by Crippen LogP contribution is -2.34. The van der Waals surface area contributed by atoms with E-state index in [0.29, 0.717) is 0 Å². The molecule has 24 heavy (non-hydrogen) atoms. The van der Waals surface area contributed by atoms with Crippen molar-refractivity contribution >= 4 is 23.2 Å². The molecule has 1 saturated carbocycles. The van der Waals surface area contributed by atoms with Gasteiger partial charge in [-0.15, -0.1) is 11.3 Å². The lowest BCUT2D eigenvalue weighted by molar-refractivity contribution is -0.155. The van der Waals surface area contributed by atoms with Crippen LogP contribution in [0.2, 0.25) is 0 Å². The van der Waals surface area contributed by atoms with E-state index in [4.69, 9.17) is 4.74 Å². The topological polar surface area (TPSA) is 55.4 Å². The second-order valence-corrected chi connectivity index (χ2v) is 6.78. The first-order valence-corrected chi connectivity index (χ1v) is 8.76. The van der Waals surface area contributed by atoms with Crippen LogP contribution in [0.4, 0.5) is 4.39 Å². The largest absolute Gasteiger partial charge is 0.455 e. The van der Waals surface area contributed by atoms with Crippen molar-refractivity contribution in [2.24, 2.45) is 5.92 Å². The molecule has 0 unspecified atom stereocenters. The summed E-state index contributed by atoms with van der Waals surface area (Å²) in [7, 11) is 0. The number of benzene rings is 1. The minimum absolute atomic E-state index is 0.0528. The first kappa shape index (κ1) is 16.6. The van der Waals surface area contributed by atoms with Crippen molar-refractivity contribution in [3.05, 3.63) is 58.0 Å². The molecule has 4 nitrogen and oxygen atoms in total. The highest BCUT2D eigenvalue weighted by atomic mass is 32.1. The number of ether oxygens (including phenoxy) is 1. The van der Waals surface area contributed by atoms with Crippen molar-refractivity contribution in [3.63, 3.8) is 0 Å². The van der Waals surface area contributed by atoms with E-state index in [9.17, 15) is 14.0 Å². The Labute approximate surface area is 143 Å². The number of nitrogens with one attached hydrogen (secondary N) is 1. The predicted octanol–water partition coefficient (Wildman–Crippen LogP) is 3.44. The number of carbonyl (C=O) groups is 2. The first-order chi connectivity index (χ1) is 11.6. The summed E-state index contributed by atoms with van der Waals surface area (Å²) in [5.74, 6) is -1.05. The molecule has 1 N–H and O–H groups in total. The summed E-state index contributed by atoms with van der Waals surface area (Å²) in [6, 6.07) is 9.40. The van der Waals surface area contributed by atoms with Crippen LogP contribution in [0.1, 0.15) is 35.7 Å². The number of amides is 1. The van der Waals surface area contributed by atoms with E-state index in [1.54, 1.807) is 12.1 Å². The summed E-state index contributed by atoms with van der Waals surface area (Å²) < 4.78 is 18.2. The van der Waals surface area contributed by atoms with Crippen molar-refractivity contribution in [1.29, 1.82) is 0 Å². The van der Waals surface area contributed by atoms with Crippen LogP contribution in [0.3, 0.4) is 0 Å². The van der Waals surface area contributed by atoms with Crippen LogP contribution < -0.4 is 5.32 Å². The minimum atomic E-state index is -0.388. The number of hydrogen-bond acceptors (Lipinski definition) is 4. The van der Waals surface area contributed by atoms with E-state index in [1.165, 1.54) is 23.5 Å². The number of thiophene rings is 1. The molecule has 1 heterocycles. The zero-order valence-electron chi connectivity index (χ0n) is 13.0. The van der Waals surface area contributed by atoms with E-state index < -0.39 is 0 Å². The van der Waals surface area contributed by atoms with Crippen molar-refractivity contribution in [2.45, 2.75) is 25.3 Å². The maximum atomic E-state index is 13.1. The Bertz CT molecular complexity index is 696. The Morgan fingerprint density at radius 3 is 2.58 bits per heavy atom. The Hall–Kier alpha value is -2.21. The lowest BCUT2D eigenvalue weighted by atomic mass is 9.86. The van der Waals surface area contributed by atoms with Gasteiger partial charge in [-0.1, -0.05) is 24.6 Å². The van der Waals surface area contributed by atoms with Gasteiger partial charge in [-0.25, -0.2) is 4.39 Å². The van der Waals surface area contributed by atoms with Gasteiger partial charge in [-0.05, 0) is 42.0 Å². The fourth-order valence-corrected chi connectivity index (χ4v) is 3.33.